The molecular formula is C21H31NO6. The minimum Gasteiger partial charge on any atom is -0.493 e. The molecule has 28 heavy (non-hydrogen) atoms. The number of hydrogen-bond acceptors (Lipinski definition) is 6. The van der Waals surface area contributed by atoms with Gasteiger partial charge in [0, 0.05) is 6.04 Å². The summed E-state index contributed by atoms with van der Waals surface area (Å²) in [5.41, 5.74) is 0.646. The summed E-state index contributed by atoms with van der Waals surface area (Å²) in [4.78, 5) is 24.7. The van der Waals surface area contributed by atoms with E-state index < -0.39 is 12.1 Å². The maximum atomic E-state index is 12.4. The third kappa shape index (κ3) is 5.53. The summed E-state index contributed by atoms with van der Waals surface area (Å²) in [6.45, 7) is 3.74. The molecule has 1 N–H and O–H groups in total. The van der Waals surface area contributed by atoms with E-state index in [4.69, 9.17) is 18.9 Å². The van der Waals surface area contributed by atoms with Gasteiger partial charge in [0.2, 0.25) is 5.75 Å². The van der Waals surface area contributed by atoms with Crippen LogP contribution in [0.25, 0.3) is 0 Å². The van der Waals surface area contributed by atoms with Gasteiger partial charge in [-0.3, -0.25) is 9.59 Å². The molecule has 7 nitrogen and oxygen atoms in total. The number of ether oxygens (including phenoxy) is 4. The van der Waals surface area contributed by atoms with Gasteiger partial charge in [0.1, 0.15) is 0 Å². The molecule has 0 aliphatic heterocycles. The number of benzene rings is 1. The summed E-state index contributed by atoms with van der Waals surface area (Å²) in [5, 5.41) is 3.02. The smallest absolute Gasteiger partial charge is 0.311 e. The second-order valence-electron chi connectivity index (χ2n) is 7.22. The van der Waals surface area contributed by atoms with Crippen LogP contribution >= 0.6 is 0 Å². The molecule has 1 aliphatic rings. The fourth-order valence-electron chi connectivity index (χ4n) is 3.53. The Labute approximate surface area is 166 Å². The number of methoxy groups -OCH3 is 3. The molecule has 156 valence electrons. The van der Waals surface area contributed by atoms with Gasteiger partial charge in [-0.05, 0) is 43.4 Å². The standard InChI is InChI=1S/C21H31NO6/c1-13-8-6-7-9-16(13)22-21(24)14(2)28-19(23)12-15-10-17(25-3)20(27-5)18(11-15)26-4/h10-11,13-14,16H,6-9,12H2,1-5H3,(H,22,24)/t13-,14-,16-/m1/s1. The average Bonchev–Trinajstić information content (AvgIpc) is 2.68. The van der Waals surface area contributed by atoms with Gasteiger partial charge in [-0.2, -0.15) is 0 Å². The van der Waals surface area contributed by atoms with E-state index in [9.17, 15) is 9.59 Å². The van der Waals surface area contributed by atoms with Crippen molar-refractivity contribution in [3.63, 3.8) is 0 Å². The highest BCUT2D eigenvalue weighted by Gasteiger charge is 2.26. The number of carbonyl (C=O) groups excluding carboxylic acids is 2. The van der Waals surface area contributed by atoms with E-state index in [0.717, 1.165) is 19.3 Å². The van der Waals surface area contributed by atoms with Crippen molar-refractivity contribution < 1.29 is 28.5 Å². The highest BCUT2D eigenvalue weighted by molar-refractivity contribution is 5.84. The molecule has 1 amide bonds. The first kappa shape index (κ1) is 21.9. The van der Waals surface area contributed by atoms with Gasteiger partial charge in [-0.25, -0.2) is 0 Å². The predicted octanol–water partition coefficient (Wildman–Crippen LogP) is 2.88. The van der Waals surface area contributed by atoms with E-state index >= 15 is 0 Å². The minimum atomic E-state index is -0.844. The van der Waals surface area contributed by atoms with Gasteiger partial charge in [0.25, 0.3) is 5.91 Å². The zero-order chi connectivity index (χ0) is 20.7. The number of hydrogen-bond donors (Lipinski definition) is 1. The van der Waals surface area contributed by atoms with Crippen molar-refractivity contribution in [2.75, 3.05) is 21.3 Å². The van der Waals surface area contributed by atoms with Gasteiger partial charge in [0.05, 0.1) is 27.8 Å². The summed E-state index contributed by atoms with van der Waals surface area (Å²) < 4.78 is 21.2. The lowest BCUT2D eigenvalue weighted by Gasteiger charge is -2.30. The number of esters is 1. The lowest BCUT2D eigenvalue weighted by Crippen LogP contribution is -2.46. The Bertz CT molecular complexity index is 664. The van der Waals surface area contributed by atoms with Crippen LogP contribution in [0.5, 0.6) is 17.2 Å². The number of amides is 1. The zero-order valence-corrected chi connectivity index (χ0v) is 17.4. The van der Waals surface area contributed by atoms with E-state index in [0.29, 0.717) is 28.7 Å². The number of nitrogens with one attached hydrogen (secondary N) is 1. The molecule has 0 spiro atoms. The van der Waals surface area contributed by atoms with Crippen molar-refractivity contribution in [3.05, 3.63) is 17.7 Å². The zero-order valence-electron chi connectivity index (χ0n) is 17.4. The lowest BCUT2D eigenvalue weighted by atomic mass is 9.86. The van der Waals surface area contributed by atoms with Crippen molar-refractivity contribution in [3.8, 4) is 17.2 Å². The maximum absolute atomic E-state index is 12.4. The monoisotopic (exact) mass is 393 g/mol. The lowest BCUT2D eigenvalue weighted by molar-refractivity contribution is -0.154. The molecule has 0 bridgehead atoms. The summed E-state index contributed by atoms with van der Waals surface area (Å²) >= 11 is 0. The molecule has 3 atom stereocenters. The van der Waals surface area contributed by atoms with Crippen molar-refractivity contribution in [2.45, 2.75) is 58.1 Å². The Morgan fingerprint density at radius 2 is 1.68 bits per heavy atom. The Kier molecular flexibility index (Phi) is 7.96. The van der Waals surface area contributed by atoms with Crippen molar-refractivity contribution in [2.24, 2.45) is 5.92 Å². The molecule has 0 heterocycles. The quantitative estimate of drug-likeness (QED) is 0.684. The average molecular weight is 393 g/mol. The molecule has 0 unspecified atom stereocenters. The second kappa shape index (κ2) is 10.2. The molecule has 1 saturated carbocycles. The number of rotatable bonds is 8. The van der Waals surface area contributed by atoms with E-state index in [-0.39, 0.29) is 18.4 Å². The topological polar surface area (TPSA) is 83.1 Å². The Hall–Kier alpha value is -2.44. The van der Waals surface area contributed by atoms with Crippen LogP contribution in [-0.4, -0.2) is 45.4 Å². The molecule has 1 aromatic carbocycles. The van der Waals surface area contributed by atoms with Crippen LogP contribution in [0.15, 0.2) is 12.1 Å². The molecule has 7 heteroatoms. The first-order valence-electron chi connectivity index (χ1n) is 9.68. The van der Waals surface area contributed by atoms with E-state index in [1.165, 1.54) is 27.8 Å². The first-order chi connectivity index (χ1) is 13.4. The van der Waals surface area contributed by atoms with Crippen molar-refractivity contribution in [1.82, 2.24) is 5.32 Å². The highest BCUT2D eigenvalue weighted by Crippen LogP contribution is 2.38. The SMILES string of the molecule is COc1cc(CC(=O)O[C@H](C)C(=O)N[C@@H]2CCCC[C@H]2C)cc(OC)c1OC. The van der Waals surface area contributed by atoms with Crippen molar-refractivity contribution in [1.29, 1.82) is 0 Å². The Balaban J connectivity index is 1.96. The van der Waals surface area contributed by atoms with E-state index in [2.05, 4.69) is 12.2 Å². The summed E-state index contributed by atoms with van der Waals surface area (Å²) in [6.07, 6.45) is 3.55. The molecule has 2 rings (SSSR count). The molecule has 1 aliphatic carbocycles. The molecule has 1 fully saturated rings. The molecule has 0 saturated heterocycles. The first-order valence-corrected chi connectivity index (χ1v) is 9.68. The highest BCUT2D eigenvalue weighted by atomic mass is 16.5. The largest absolute Gasteiger partial charge is 0.493 e. The molecular weight excluding hydrogens is 362 g/mol. The number of carbonyl (C=O) groups is 2. The molecule has 1 aromatic rings. The Morgan fingerprint density at radius 3 is 2.21 bits per heavy atom. The fraction of sp³-hybridized carbons (Fsp3) is 0.619. The molecule has 0 radical (unpaired) electrons. The summed E-state index contributed by atoms with van der Waals surface area (Å²) in [5.74, 6) is 1.07. The van der Waals surface area contributed by atoms with Gasteiger partial charge in [-0.15, -0.1) is 0 Å². The molecule has 0 aromatic heterocycles. The van der Waals surface area contributed by atoms with Crippen LogP contribution in [0.1, 0.15) is 45.1 Å². The Morgan fingerprint density at radius 1 is 1.07 bits per heavy atom. The summed E-state index contributed by atoms with van der Waals surface area (Å²) in [6, 6.07) is 3.53. The predicted molar refractivity (Wildman–Crippen MR) is 105 cm³/mol. The normalized spacial score (nSPS) is 20.0. The van der Waals surface area contributed by atoms with Gasteiger partial charge in [0.15, 0.2) is 17.6 Å². The van der Waals surface area contributed by atoms with E-state index in [1.54, 1.807) is 19.1 Å². The van der Waals surface area contributed by atoms with Crippen LogP contribution in [0.3, 0.4) is 0 Å². The van der Waals surface area contributed by atoms with Gasteiger partial charge < -0.3 is 24.3 Å². The second-order valence-corrected chi connectivity index (χ2v) is 7.22. The fourth-order valence-corrected chi connectivity index (χ4v) is 3.53. The van der Waals surface area contributed by atoms with Crippen molar-refractivity contribution >= 4 is 11.9 Å². The minimum absolute atomic E-state index is 0.00579. The van der Waals surface area contributed by atoms with Crippen LogP contribution < -0.4 is 19.5 Å². The van der Waals surface area contributed by atoms with Crippen LogP contribution in [0, 0.1) is 5.92 Å². The van der Waals surface area contributed by atoms with Crippen LogP contribution in [0.2, 0.25) is 0 Å². The van der Waals surface area contributed by atoms with Crippen LogP contribution in [0.4, 0.5) is 0 Å². The van der Waals surface area contributed by atoms with Gasteiger partial charge in [-0.1, -0.05) is 19.8 Å². The van der Waals surface area contributed by atoms with Gasteiger partial charge >= 0.3 is 5.97 Å². The third-order valence-electron chi connectivity index (χ3n) is 5.19. The maximum Gasteiger partial charge on any atom is 0.311 e. The summed E-state index contributed by atoms with van der Waals surface area (Å²) in [7, 11) is 4.54. The van der Waals surface area contributed by atoms with E-state index in [1.807, 2.05) is 0 Å². The third-order valence-corrected chi connectivity index (χ3v) is 5.19. The van der Waals surface area contributed by atoms with Crippen LogP contribution in [-0.2, 0) is 20.7 Å².